The number of amides is 2. The number of imidazole rings is 1. The Bertz CT molecular complexity index is 1680. The number of piperidine rings is 1. The molecule has 1 fully saturated rings. The van der Waals surface area contributed by atoms with Crippen LogP contribution in [0.15, 0.2) is 85.5 Å². The first-order valence-corrected chi connectivity index (χ1v) is 13.3. The largest absolute Gasteiger partial charge is 0.345 e. The van der Waals surface area contributed by atoms with Crippen molar-refractivity contribution in [1.29, 1.82) is 0 Å². The normalized spacial score (nSPS) is 17.4. The third kappa shape index (κ3) is 5.21. The monoisotopic (exact) mass is 552 g/mol. The van der Waals surface area contributed by atoms with Crippen molar-refractivity contribution in [2.45, 2.75) is 24.8 Å². The van der Waals surface area contributed by atoms with E-state index in [2.05, 4.69) is 30.8 Å². The summed E-state index contributed by atoms with van der Waals surface area (Å²) < 4.78 is 1.50. The number of fused-ring (bicyclic) bond motifs is 1. The fourth-order valence-corrected chi connectivity index (χ4v) is 5.42. The zero-order valence-electron chi connectivity index (χ0n) is 21.3. The van der Waals surface area contributed by atoms with Gasteiger partial charge in [-0.3, -0.25) is 9.59 Å². The Morgan fingerprint density at radius 2 is 1.95 bits per heavy atom. The molecule has 11 heteroatoms. The van der Waals surface area contributed by atoms with E-state index < -0.39 is 6.04 Å². The summed E-state index contributed by atoms with van der Waals surface area (Å²) in [4.78, 5) is 36.6. The van der Waals surface area contributed by atoms with E-state index in [-0.39, 0.29) is 17.7 Å². The van der Waals surface area contributed by atoms with Crippen LogP contribution in [0.25, 0.3) is 22.8 Å². The predicted octanol–water partition coefficient (Wildman–Crippen LogP) is 4.62. The molecule has 0 bridgehead atoms. The molecule has 5 aromatic rings. The summed E-state index contributed by atoms with van der Waals surface area (Å²) in [5.74, 6) is -0.683. The number of likely N-dealkylation sites (tertiary alicyclic amines) is 1. The number of benzene rings is 3. The third-order valence-electron chi connectivity index (χ3n) is 7.09. The Kier molecular flexibility index (Phi) is 7.07. The summed E-state index contributed by atoms with van der Waals surface area (Å²) in [6.07, 6.45) is 7.79. The minimum Gasteiger partial charge on any atom is -0.345 e. The Balaban J connectivity index is 1.31. The van der Waals surface area contributed by atoms with E-state index in [1.165, 1.54) is 17.1 Å². The fourth-order valence-electron chi connectivity index (χ4n) is 5.24. The molecule has 2 N–H and O–H groups in total. The van der Waals surface area contributed by atoms with E-state index in [1.807, 2.05) is 48.5 Å². The van der Waals surface area contributed by atoms with Gasteiger partial charge in [-0.25, -0.2) is 4.98 Å². The number of anilines is 1. The maximum absolute atomic E-state index is 13.9. The van der Waals surface area contributed by atoms with E-state index in [0.717, 1.165) is 29.4 Å². The van der Waals surface area contributed by atoms with Gasteiger partial charge in [0, 0.05) is 34.8 Å². The lowest BCUT2D eigenvalue weighted by atomic mass is 9.82. The average molecular weight is 553 g/mol. The molecule has 1 saturated heterocycles. The number of aromatic amines is 1. The summed E-state index contributed by atoms with van der Waals surface area (Å²) in [6.45, 7) is 0.457. The van der Waals surface area contributed by atoms with Gasteiger partial charge >= 0.3 is 0 Å². The number of hydrogen-bond donors (Lipinski definition) is 2. The lowest BCUT2D eigenvalue weighted by molar-refractivity contribution is -0.137. The number of nitrogens with one attached hydrogen (secondary N) is 2. The van der Waals surface area contributed by atoms with Crippen LogP contribution in [0.2, 0.25) is 5.02 Å². The molecule has 2 aromatic heterocycles. The molecule has 10 nitrogen and oxygen atoms in total. The van der Waals surface area contributed by atoms with Gasteiger partial charge in [-0.1, -0.05) is 41.9 Å². The number of rotatable bonds is 6. The summed E-state index contributed by atoms with van der Waals surface area (Å²) in [7, 11) is 0. The highest BCUT2D eigenvalue weighted by molar-refractivity contribution is 6.30. The van der Waals surface area contributed by atoms with E-state index in [4.69, 9.17) is 11.6 Å². The predicted molar refractivity (Wildman–Crippen MR) is 152 cm³/mol. The molecule has 2 amide bonds. The van der Waals surface area contributed by atoms with Crippen LogP contribution in [0, 0.1) is 0 Å². The van der Waals surface area contributed by atoms with E-state index in [1.54, 1.807) is 35.5 Å². The third-order valence-corrected chi connectivity index (χ3v) is 7.33. The molecule has 2 atom stereocenters. The van der Waals surface area contributed by atoms with E-state index >= 15 is 0 Å². The molecule has 0 radical (unpaired) electrons. The van der Waals surface area contributed by atoms with Crippen LogP contribution >= 0.6 is 11.6 Å². The van der Waals surface area contributed by atoms with Crippen LogP contribution in [0.5, 0.6) is 0 Å². The molecule has 40 heavy (non-hydrogen) atoms. The number of tetrazole rings is 1. The van der Waals surface area contributed by atoms with Gasteiger partial charge in [0.2, 0.25) is 11.8 Å². The quantitative estimate of drug-likeness (QED) is 0.296. The van der Waals surface area contributed by atoms with Gasteiger partial charge in [0.1, 0.15) is 12.4 Å². The lowest BCUT2D eigenvalue weighted by Gasteiger charge is -2.40. The Morgan fingerprint density at radius 1 is 1.07 bits per heavy atom. The Labute approximate surface area is 234 Å². The van der Waals surface area contributed by atoms with E-state index in [9.17, 15) is 9.59 Å². The standard InChI is InChI=1S/C29H25ClN8O2/c30-21-9-12-26(38-18-33-35-36-38)20(15-21)8-13-27(39)37-14-4-7-23(19-5-2-1-3-6-19)28(37)29(40)34-22-10-11-24-25(16-22)32-17-31-24/h1-3,5-6,8-13,15-18,23,28H,4,7,14H2,(H,31,32)(H,34,40)/b13-8+. The highest BCUT2D eigenvalue weighted by Gasteiger charge is 2.39. The second-order valence-corrected chi connectivity index (χ2v) is 9.99. The van der Waals surface area contributed by atoms with Crippen molar-refractivity contribution >= 4 is 46.2 Å². The minimum atomic E-state index is -0.707. The second-order valence-electron chi connectivity index (χ2n) is 9.55. The van der Waals surface area contributed by atoms with Crippen molar-refractivity contribution in [2.75, 3.05) is 11.9 Å². The second kappa shape index (κ2) is 11.1. The fraction of sp³-hybridized carbons (Fsp3) is 0.172. The lowest BCUT2D eigenvalue weighted by Crippen LogP contribution is -2.53. The van der Waals surface area contributed by atoms with Crippen LogP contribution in [-0.4, -0.2) is 59.5 Å². The van der Waals surface area contributed by atoms with Crippen molar-refractivity contribution in [3.63, 3.8) is 0 Å². The molecule has 1 aliphatic heterocycles. The van der Waals surface area contributed by atoms with Gasteiger partial charge in [-0.2, -0.15) is 4.68 Å². The number of halogens is 1. The summed E-state index contributed by atoms with van der Waals surface area (Å²) in [6, 6.07) is 19.9. The van der Waals surface area contributed by atoms with Gasteiger partial charge in [0.15, 0.2) is 0 Å². The zero-order chi connectivity index (χ0) is 27.5. The maximum Gasteiger partial charge on any atom is 0.247 e. The molecule has 6 rings (SSSR count). The molecule has 0 aliphatic carbocycles. The van der Waals surface area contributed by atoms with Crippen molar-refractivity contribution < 1.29 is 9.59 Å². The Morgan fingerprint density at radius 3 is 2.77 bits per heavy atom. The molecular formula is C29H25ClN8O2. The summed E-state index contributed by atoms with van der Waals surface area (Å²) in [5, 5.41) is 14.9. The molecule has 2 unspecified atom stereocenters. The summed E-state index contributed by atoms with van der Waals surface area (Å²) >= 11 is 6.25. The van der Waals surface area contributed by atoms with Crippen molar-refractivity contribution in [3.05, 3.63) is 102 Å². The van der Waals surface area contributed by atoms with Gasteiger partial charge < -0.3 is 15.2 Å². The van der Waals surface area contributed by atoms with Crippen LogP contribution < -0.4 is 5.32 Å². The number of aromatic nitrogens is 6. The van der Waals surface area contributed by atoms with E-state index in [0.29, 0.717) is 28.5 Å². The first kappa shape index (κ1) is 25.4. The minimum absolute atomic E-state index is 0.163. The average Bonchev–Trinajstić information content (AvgIpc) is 3.68. The van der Waals surface area contributed by atoms with Crippen molar-refractivity contribution in [1.82, 2.24) is 35.1 Å². The topological polar surface area (TPSA) is 122 Å². The van der Waals surface area contributed by atoms with Crippen LogP contribution in [-0.2, 0) is 9.59 Å². The number of hydrogen-bond acceptors (Lipinski definition) is 6. The number of nitrogens with zero attached hydrogens (tertiary/aromatic N) is 6. The Hall–Kier alpha value is -4.83. The smallest absolute Gasteiger partial charge is 0.247 e. The van der Waals surface area contributed by atoms with Crippen LogP contribution in [0.4, 0.5) is 5.69 Å². The highest BCUT2D eigenvalue weighted by Crippen LogP contribution is 2.34. The molecule has 200 valence electrons. The molecule has 1 aliphatic rings. The van der Waals surface area contributed by atoms with Crippen LogP contribution in [0.1, 0.15) is 29.9 Å². The summed E-state index contributed by atoms with van der Waals surface area (Å²) in [5.41, 5.74) is 4.59. The molecular weight excluding hydrogens is 528 g/mol. The van der Waals surface area contributed by atoms with Crippen molar-refractivity contribution in [3.8, 4) is 5.69 Å². The number of carbonyl (C=O) groups excluding carboxylic acids is 2. The number of H-pyrrole nitrogens is 1. The maximum atomic E-state index is 13.9. The zero-order valence-corrected chi connectivity index (χ0v) is 22.1. The number of carbonyl (C=O) groups is 2. The van der Waals surface area contributed by atoms with Gasteiger partial charge in [0.05, 0.1) is 23.0 Å². The molecule has 3 heterocycles. The molecule has 0 saturated carbocycles. The van der Waals surface area contributed by atoms with Crippen molar-refractivity contribution in [2.24, 2.45) is 0 Å². The van der Waals surface area contributed by atoms with Crippen LogP contribution in [0.3, 0.4) is 0 Å². The van der Waals surface area contributed by atoms with Gasteiger partial charge in [-0.05, 0) is 71.3 Å². The SMILES string of the molecule is O=C(Nc1ccc2[nH]cnc2c1)C1C(c2ccccc2)CCCN1C(=O)/C=C/c1cc(Cl)ccc1-n1cnnn1. The molecule has 3 aromatic carbocycles. The van der Waals surface area contributed by atoms with Gasteiger partial charge in [0.25, 0.3) is 0 Å². The highest BCUT2D eigenvalue weighted by atomic mass is 35.5. The first-order chi connectivity index (χ1) is 19.6. The first-order valence-electron chi connectivity index (χ1n) is 12.9. The molecule has 0 spiro atoms. The van der Waals surface area contributed by atoms with Gasteiger partial charge in [-0.15, -0.1) is 5.10 Å².